The molecule has 0 fully saturated rings. The zero-order valence-corrected chi connectivity index (χ0v) is 7.84. The molecule has 4 nitrogen and oxygen atoms in total. The second-order valence-electron chi connectivity index (χ2n) is 3.22. The first kappa shape index (κ1) is 8.74. The molecule has 1 aromatic carbocycles. The predicted octanol–water partition coefficient (Wildman–Crippen LogP) is 1.08. The van der Waals surface area contributed by atoms with Crippen molar-refractivity contribution in [3.63, 3.8) is 0 Å². The second-order valence-corrected chi connectivity index (χ2v) is 3.22. The molecular formula is C10H11N3O. The highest BCUT2D eigenvalue weighted by molar-refractivity contribution is 5.82. The van der Waals surface area contributed by atoms with E-state index in [0.717, 1.165) is 11.0 Å². The van der Waals surface area contributed by atoms with E-state index in [1.54, 1.807) is 17.8 Å². The van der Waals surface area contributed by atoms with E-state index in [2.05, 4.69) is 4.98 Å². The van der Waals surface area contributed by atoms with E-state index in [1.807, 2.05) is 24.3 Å². The van der Waals surface area contributed by atoms with E-state index in [1.165, 1.54) is 0 Å². The molecule has 1 unspecified atom stereocenters. The zero-order valence-electron chi connectivity index (χ0n) is 7.84. The summed E-state index contributed by atoms with van der Waals surface area (Å²) in [5.41, 5.74) is 7.04. The number of benzene rings is 1. The molecule has 0 spiro atoms. The lowest BCUT2D eigenvalue weighted by Gasteiger charge is -2.09. The Balaban J connectivity index is 2.58. The Morgan fingerprint density at radius 3 is 2.93 bits per heavy atom. The number of aromatic nitrogens is 2. The van der Waals surface area contributed by atoms with Crippen LogP contribution in [0.25, 0.3) is 11.0 Å². The van der Waals surface area contributed by atoms with E-state index in [9.17, 15) is 4.79 Å². The lowest BCUT2D eigenvalue weighted by atomic mass is 10.2. The second kappa shape index (κ2) is 3.14. The molecule has 0 bridgehead atoms. The summed E-state index contributed by atoms with van der Waals surface area (Å²) in [5, 5.41) is 0. The Morgan fingerprint density at radius 1 is 1.50 bits per heavy atom. The lowest BCUT2D eigenvalue weighted by Crippen LogP contribution is -2.23. The number of fused-ring (bicyclic) bond motifs is 1. The van der Waals surface area contributed by atoms with Gasteiger partial charge in [-0.25, -0.2) is 4.98 Å². The van der Waals surface area contributed by atoms with Crippen LogP contribution in [0, 0.1) is 0 Å². The van der Waals surface area contributed by atoms with Crippen LogP contribution in [0.4, 0.5) is 0 Å². The maximum absolute atomic E-state index is 11.0. The molecule has 1 amide bonds. The van der Waals surface area contributed by atoms with Crippen LogP contribution >= 0.6 is 0 Å². The number of para-hydroxylation sites is 2. The molecule has 1 aromatic heterocycles. The molecule has 4 heteroatoms. The smallest absolute Gasteiger partial charge is 0.240 e. The molecule has 0 aliphatic heterocycles. The van der Waals surface area contributed by atoms with E-state index >= 15 is 0 Å². The quantitative estimate of drug-likeness (QED) is 0.768. The van der Waals surface area contributed by atoms with Gasteiger partial charge in [0.15, 0.2) is 0 Å². The highest BCUT2D eigenvalue weighted by Crippen LogP contribution is 2.16. The zero-order chi connectivity index (χ0) is 10.1. The molecule has 72 valence electrons. The topological polar surface area (TPSA) is 60.9 Å². The van der Waals surface area contributed by atoms with Gasteiger partial charge in [-0.3, -0.25) is 4.79 Å². The fraction of sp³-hybridized carbons (Fsp3) is 0.200. The van der Waals surface area contributed by atoms with Crippen molar-refractivity contribution in [2.24, 2.45) is 5.73 Å². The van der Waals surface area contributed by atoms with Gasteiger partial charge in [-0.15, -0.1) is 0 Å². The molecular weight excluding hydrogens is 178 g/mol. The van der Waals surface area contributed by atoms with Gasteiger partial charge in [0.25, 0.3) is 0 Å². The van der Waals surface area contributed by atoms with Crippen LogP contribution in [-0.4, -0.2) is 15.5 Å². The minimum Gasteiger partial charge on any atom is -0.368 e. The summed E-state index contributed by atoms with van der Waals surface area (Å²) in [6, 6.07) is 7.28. The number of primary amides is 1. The fourth-order valence-corrected chi connectivity index (χ4v) is 1.42. The van der Waals surface area contributed by atoms with Gasteiger partial charge in [-0.2, -0.15) is 0 Å². The first-order valence-corrected chi connectivity index (χ1v) is 4.41. The van der Waals surface area contributed by atoms with Gasteiger partial charge in [0.05, 0.1) is 17.4 Å². The summed E-state index contributed by atoms with van der Waals surface area (Å²) >= 11 is 0. The third-order valence-corrected chi connectivity index (χ3v) is 2.31. The van der Waals surface area contributed by atoms with Crippen molar-refractivity contribution in [2.75, 3.05) is 0 Å². The Kier molecular flexibility index (Phi) is 1.96. The van der Waals surface area contributed by atoms with Crippen molar-refractivity contribution in [1.29, 1.82) is 0 Å². The van der Waals surface area contributed by atoms with Crippen molar-refractivity contribution >= 4 is 16.9 Å². The Hall–Kier alpha value is -1.84. The van der Waals surface area contributed by atoms with Crippen LogP contribution in [0.3, 0.4) is 0 Å². The Bertz CT molecular complexity index is 475. The summed E-state index contributed by atoms with van der Waals surface area (Å²) in [4.78, 5) is 15.2. The number of hydrogen-bond donors (Lipinski definition) is 1. The van der Waals surface area contributed by atoms with Gasteiger partial charge in [0, 0.05) is 0 Å². The number of carbonyl (C=O) groups is 1. The average Bonchev–Trinajstić information content (AvgIpc) is 2.60. The van der Waals surface area contributed by atoms with Gasteiger partial charge >= 0.3 is 0 Å². The molecule has 0 aliphatic rings. The molecule has 1 atom stereocenters. The summed E-state index contributed by atoms with van der Waals surface area (Å²) in [6.07, 6.45) is 1.64. The van der Waals surface area contributed by atoms with Crippen LogP contribution in [-0.2, 0) is 4.79 Å². The van der Waals surface area contributed by atoms with E-state index in [4.69, 9.17) is 5.73 Å². The summed E-state index contributed by atoms with van der Waals surface area (Å²) in [7, 11) is 0. The lowest BCUT2D eigenvalue weighted by molar-refractivity contribution is -0.120. The van der Waals surface area contributed by atoms with Gasteiger partial charge in [-0.05, 0) is 19.1 Å². The number of rotatable bonds is 2. The Morgan fingerprint density at radius 2 is 2.21 bits per heavy atom. The van der Waals surface area contributed by atoms with Gasteiger partial charge in [-0.1, -0.05) is 12.1 Å². The minimum absolute atomic E-state index is 0.354. The molecule has 2 rings (SSSR count). The number of imidazole rings is 1. The van der Waals surface area contributed by atoms with Gasteiger partial charge < -0.3 is 10.3 Å². The van der Waals surface area contributed by atoms with Crippen LogP contribution in [0.5, 0.6) is 0 Å². The van der Waals surface area contributed by atoms with Crippen molar-refractivity contribution in [2.45, 2.75) is 13.0 Å². The van der Waals surface area contributed by atoms with Crippen molar-refractivity contribution in [1.82, 2.24) is 9.55 Å². The van der Waals surface area contributed by atoms with Gasteiger partial charge in [0.2, 0.25) is 5.91 Å². The summed E-state index contributed by atoms with van der Waals surface area (Å²) in [5.74, 6) is -0.354. The third-order valence-electron chi connectivity index (χ3n) is 2.31. The fourth-order valence-electron chi connectivity index (χ4n) is 1.42. The highest BCUT2D eigenvalue weighted by Gasteiger charge is 2.13. The number of carbonyl (C=O) groups excluding carboxylic acids is 1. The Labute approximate surface area is 81.3 Å². The first-order chi connectivity index (χ1) is 6.70. The third kappa shape index (κ3) is 1.25. The average molecular weight is 189 g/mol. The molecule has 0 saturated heterocycles. The van der Waals surface area contributed by atoms with Crippen LogP contribution in [0.15, 0.2) is 30.6 Å². The largest absolute Gasteiger partial charge is 0.368 e. The number of nitrogens with two attached hydrogens (primary N) is 1. The maximum atomic E-state index is 11.0. The molecule has 14 heavy (non-hydrogen) atoms. The van der Waals surface area contributed by atoms with E-state index in [0.29, 0.717) is 0 Å². The van der Waals surface area contributed by atoms with Gasteiger partial charge in [0.1, 0.15) is 6.04 Å². The molecule has 0 radical (unpaired) electrons. The molecule has 2 N–H and O–H groups in total. The normalized spacial score (nSPS) is 12.9. The molecule has 0 aliphatic carbocycles. The standard InChI is InChI=1S/C10H11N3O/c1-7(10(11)14)13-6-12-8-4-2-3-5-9(8)13/h2-7H,1H3,(H2,11,14). The van der Waals surface area contributed by atoms with E-state index < -0.39 is 0 Å². The monoisotopic (exact) mass is 189 g/mol. The van der Waals surface area contributed by atoms with Crippen molar-refractivity contribution < 1.29 is 4.79 Å². The minimum atomic E-state index is -0.359. The maximum Gasteiger partial charge on any atom is 0.240 e. The van der Waals surface area contributed by atoms with Crippen LogP contribution < -0.4 is 5.73 Å². The number of nitrogens with zero attached hydrogens (tertiary/aromatic N) is 2. The molecule has 1 heterocycles. The van der Waals surface area contributed by atoms with Crippen LogP contribution in [0.2, 0.25) is 0 Å². The SMILES string of the molecule is CC(C(N)=O)n1cnc2ccccc21. The summed E-state index contributed by atoms with van der Waals surface area (Å²) in [6.45, 7) is 1.76. The first-order valence-electron chi connectivity index (χ1n) is 4.41. The van der Waals surface area contributed by atoms with Crippen LogP contribution in [0.1, 0.15) is 13.0 Å². The van der Waals surface area contributed by atoms with Crippen molar-refractivity contribution in [3.8, 4) is 0 Å². The highest BCUT2D eigenvalue weighted by atomic mass is 16.1. The molecule has 2 aromatic rings. The predicted molar refractivity (Wildman–Crippen MR) is 53.6 cm³/mol. The molecule has 0 saturated carbocycles. The van der Waals surface area contributed by atoms with E-state index in [-0.39, 0.29) is 11.9 Å². The summed E-state index contributed by atoms with van der Waals surface area (Å²) < 4.78 is 1.78. The van der Waals surface area contributed by atoms with Crippen molar-refractivity contribution in [3.05, 3.63) is 30.6 Å². The number of hydrogen-bond acceptors (Lipinski definition) is 2. The number of amides is 1.